The summed E-state index contributed by atoms with van der Waals surface area (Å²) in [5.74, 6) is 0. The predicted molar refractivity (Wildman–Crippen MR) is 88.3 cm³/mol. The van der Waals surface area contributed by atoms with Gasteiger partial charge in [0.1, 0.15) is 0 Å². The van der Waals surface area contributed by atoms with Crippen molar-refractivity contribution in [3.63, 3.8) is 0 Å². The molecule has 110 valence electrons. The van der Waals surface area contributed by atoms with E-state index in [4.69, 9.17) is 12.2 Å². The molecule has 0 radical (unpaired) electrons. The maximum absolute atomic E-state index is 9.33. The van der Waals surface area contributed by atoms with Crippen LogP contribution in [0.15, 0.2) is 36.5 Å². The lowest BCUT2D eigenvalue weighted by molar-refractivity contribution is 0.224. The number of nitrogens with one attached hydrogen (secondary N) is 1. The third kappa shape index (κ3) is 2.79. The maximum atomic E-state index is 9.33. The standard InChI is InChI=1S/C15H17N3OS2/c1-10-5-6-12(21-10)14-13(11-4-2-3-7-16-11)17-15(20)18(14)8-9-19/h2-7,13-14,19H,8-9H2,1H3,(H,17,20)/t13-,14+/m0/s1. The van der Waals surface area contributed by atoms with Crippen LogP contribution in [0.3, 0.4) is 0 Å². The number of pyridine rings is 1. The monoisotopic (exact) mass is 319 g/mol. The molecule has 3 heterocycles. The van der Waals surface area contributed by atoms with Crippen molar-refractivity contribution in [3.05, 3.63) is 52.0 Å². The van der Waals surface area contributed by atoms with Gasteiger partial charge in [0.2, 0.25) is 0 Å². The molecular weight excluding hydrogens is 302 g/mol. The van der Waals surface area contributed by atoms with E-state index < -0.39 is 0 Å². The van der Waals surface area contributed by atoms with Crippen LogP contribution in [0.5, 0.6) is 0 Å². The van der Waals surface area contributed by atoms with Gasteiger partial charge in [-0.1, -0.05) is 6.07 Å². The van der Waals surface area contributed by atoms with E-state index >= 15 is 0 Å². The first-order valence-electron chi connectivity index (χ1n) is 6.86. The van der Waals surface area contributed by atoms with Crippen molar-refractivity contribution in [1.29, 1.82) is 0 Å². The van der Waals surface area contributed by atoms with Gasteiger partial charge in [-0.05, 0) is 43.4 Å². The van der Waals surface area contributed by atoms with Gasteiger partial charge < -0.3 is 15.3 Å². The Balaban J connectivity index is 2.00. The Hall–Kier alpha value is -1.50. The number of aromatic nitrogens is 1. The summed E-state index contributed by atoms with van der Waals surface area (Å²) in [6.07, 6.45) is 1.80. The van der Waals surface area contributed by atoms with Crippen LogP contribution in [0.25, 0.3) is 0 Å². The summed E-state index contributed by atoms with van der Waals surface area (Å²) < 4.78 is 0. The van der Waals surface area contributed by atoms with Gasteiger partial charge >= 0.3 is 0 Å². The van der Waals surface area contributed by atoms with Crippen LogP contribution in [-0.4, -0.2) is 33.3 Å². The van der Waals surface area contributed by atoms with Gasteiger partial charge in [0, 0.05) is 22.5 Å². The molecule has 0 aliphatic carbocycles. The van der Waals surface area contributed by atoms with E-state index in [1.54, 1.807) is 17.5 Å². The summed E-state index contributed by atoms with van der Waals surface area (Å²) in [6, 6.07) is 10.3. The van der Waals surface area contributed by atoms with Gasteiger partial charge in [0.15, 0.2) is 5.11 Å². The molecule has 1 saturated heterocycles. The molecule has 1 aliphatic rings. The molecule has 6 heteroatoms. The minimum absolute atomic E-state index is 0.0169. The fourth-order valence-corrected chi connectivity index (χ4v) is 4.04. The Kier molecular flexibility index (Phi) is 4.19. The van der Waals surface area contributed by atoms with Crippen molar-refractivity contribution in [2.24, 2.45) is 0 Å². The first-order chi connectivity index (χ1) is 10.2. The Morgan fingerprint density at radius 2 is 2.24 bits per heavy atom. The number of hydrogen-bond donors (Lipinski definition) is 2. The van der Waals surface area contributed by atoms with Crippen molar-refractivity contribution in [3.8, 4) is 0 Å². The predicted octanol–water partition coefficient (Wildman–Crippen LogP) is 2.42. The zero-order valence-corrected chi connectivity index (χ0v) is 13.3. The first kappa shape index (κ1) is 14.4. The number of thiocarbonyl (C=S) groups is 1. The fourth-order valence-electron chi connectivity index (χ4n) is 2.68. The van der Waals surface area contributed by atoms with E-state index in [2.05, 4.69) is 34.3 Å². The maximum Gasteiger partial charge on any atom is 0.170 e. The van der Waals surface area contributed by atoms with Crippen LogP contribution >= 0.6 is 23.6 Å². The molecular formula is C15H17N3OS2. The lowest BCUT2D eigenvalue weighted by Crippen LogP contribution is -2.31. The van der Waals surface area contributed by atoms with Crippen molar-refractivity contribution >= 4 is 28.7 Å². The van der Waals surface area contributed by atoms with Crippen molar-refractivity contribution in [2.45, 2.75) is 19.0 Å². The second-order valence-electron chi connectivity index (χ2n) is 4.99. The van der Waals surface area contributed by atoms with Crippen molar-refractivity contribution in [2.75, 3.05) is 13.2 Å². The Morgan fingerprint density at radius 3 is 2.86 bits per heavy atom. The van der Waals surface area contributed by atoms with E-state index in [-0.39, 0.29) is 18.7 Å². The smallest absolute Gasteiger partial charge is 0.170 e. The number of aliphatic hydroxyl groups is 1. The lowest BCUT2D eigenvalue weighted by Gasteiger charge is -2.26. The molecule has 1 aliphatic heterocycles. The fraction of sp³-hybridized carbons (Fsp3) is 0.333. The van der Waals surface area contributed by atoms with Crippen LogP contribution < -0.4 is 5.32 Å². The average Bonchev–Trinajstić information content (AvgIpc) is 3.05. The number of thiophene rings is 1. The summed E-state index contributed by atoms with van der Waals surface area (Å²) in [5.41, 5.74) is 0.969. The van der Waals surface area contributed by atoms with Crippen LogP contribution in [0, 0.1) is 6.92 Å². The molecule has 1 fully saturated rings. The van der Waals surface area contributed by atoms with Crippen LogP contribution in [0.4, 0.5) is 0 Å². The molecule has 0 saturated carbocycles. The molecule has 2 atom stereocenters. The lowest BCUT2D eigenvalue weighted by atomic mass is 10.0. The summed E-state index contributed by atoms with van der Waals surface area (Å²) in [4.78, 5) is 9.03. The van der Waals surface area contributed by atoms with E-state index in [0.29, 0.717) is 11.7 Å². The summed E-state index contributed by atoms with van der Waals surface area (Å²) in [7, 11) is 0. The van der Waals surface area contributed by atoms with E-state index in [1.807, 2.05) is 18.2 Å². The molecule has 3 rings (SSSR count). The summed E-state index contributed by atoms with van der Waals surface area (Å²) >= 11 is 7.21. The molecule has 2 aromatic heterocycles. The van der Waals surface area contributed by atoms with Crippen LogP contribution in [-0.2, 0) is 0 Å². The SMILES string of the molecule is Cc1ccc([C@@H]2[C@H](c3ccccn3)NC(=S)N2CCO)s1. The van der Waals surface area contributed by atoms with Gasteiger partial charge in [-0.25, -0.2) is 0 Å². The number of nitrogens with zero attached hydrogens (tertiary/aromatic N) is 2. The zero-order chi connectivity index (χ0) is 14.8. The summed E-state index contributed by atoms with van der Waals surface area (Å²) in [6.45, 7) is 2.70. The average molecular weight is 319 g/mol. The molecule has 0 bridgehead atoms. The number of aliphatic hydroxyl groups excluding tert-OH is 1. The molecule has 21 heavy (non-hydrogen) atoms. The second kappa shape index (κ2) is 6.09. The zero-order valence-electron chi connectivity index (χ0n) is 11.7. The van der Waals surface area contributed by atoms with Gasteiger partial charge in [-0.3, -0.25) is 4.98 Å². The molecule has 0 unspecified atom stereocenters. The molecule has 0 spiro atoms. The quantitative estimate of drug-likeness (QED) is 0.848. The van der Waals surface area contributed by atoms with Gasteiger partial charge in [0.25, 0.3) is 0 Å². The van der Waals surface area contributed by atoms with Crippen molar-refractivity contribution < 1.29 is 5.11 Å². The number of hydrogen-bond acceptors (Lipinski definition) is 4. The normalized spacial score (nSPS) is 21.6. The first-order valence-corrected chi connectivity index (χ1v) is 8.08. The second-order valence-corrected chi connectivity index (χ2v) is 6.70. The number of aryl methyl sites for hydroxylation is 1. The molecule has 2 N–H and O–H groups in total. The third-order valence-corrected chi connectivity index (χ3v) is 5.02. The van der Waals surface area contributed by atoms with Gasteiger partial charge in [0.05, 0.1) is 24.4 Å². The minimum Gasteiger partial charge on any atom is -0.395 e. The van der Waals surface area contributed by atoms with E-state index in [9.17, 15) is 5.11 Å². The topological polar surface area (TPSA) is 48.4 Å². The van der Waals surface area contributed by atoms with E-state index in [0.717, 1.165) is 5.69 Å². The number of rotatable bonds is 4. The Bertz CT molecular complexity index is 629. The Labute approximate surface area is 133 Å². The highest BCUT2D eigenvalue weighted by molar-refractivity contribution is 7.80. The summed E-state index contributed by atoms with van der Waals surface area (Å²) in [5, 5.41) is 13.4. The van der Waals surface area contributed by atoms with Crippen LogP contribution in [0.1, 0.15) is 27.5 Å². The Morgan fingerprint density at radius 1 is 1.38 bits per heavy atom. The van der Waals surface area contributed by atoms with Crippen molar-refractivity contribution in [1.82, 2.24) is 15.2 Å². The molecule has 0 aromatic carbocycles. The third-order valence-electron chi connectivity index (χ3n) is 3.59. The minimum atomic E-state index is 0.0169. The number of β-amino-alcohol motifs (C(OH)–C–C–N with tert-alkyl or cyclic N) is 1. The molecule has 0 amide bonds. The highest BCUT2D eigenvalue weighted by atomic mass is 32.1. The van der Waals surface area contributed by atoms with Gasteiger partial charge in [-0.2, -0.15) is 0 Å². The largest absolute Gasteiger partial charge is 0.395 e. The van der Waals surface area contributed by atoms with Gasteiger partial charge in [-0.15, -0.1) is 11.3 Å². The van der Waals surface area contributed by atoms with Crippen LogP contribution in [0.2, 0.25) is 0 Å². The van der Waals surface area contributed by atoms with E-state index in [1.165, 1.54) is 9.75 Å². The highest BCUT2D eigenvalue weighted by Crippen LogP contribution is 2.40. The highest BCUT2D eigenvalue weighted by Gasteiger charge is 2.39. The molecule has 2 aromatic rings. The molecule has 4 nitrogen and oxygen atoms in total.